The quantitative estimate of drug-likeness (QED) is 0.311. The highest BCUT2D eigenvalue weighted by atomic mass is 16.6. The number of morpholine rings is 1. The van der Waals surface area contributed by atoms with E-state index in [1.54, 1.807) is 0 Å². The van der Waals surface area contributed by atoms with E-state index in [4.69, 9.17) is 14.5 Å². The average molecular weight is 400 g/mol. The van der Waals surface area contributed by atoms with Crippen LogP contribution in [0.5, 0.6) is 0 Å². The number of amides is 1. The summed E-state index contributed by atoms with van der Waals surface area (Å²) in [6.45, 7) is 18.2. The standard InChI is InChI=1S/C20H41N5O3/c1-7-21-18(22-8-9-23-19(26)28-20(4,5)6)24-15-17(14-16(2)3)25-10-12-27-13-11-25/h16-17H,7-15H2,1-6H3,(H,23,26)(H2,21,22,24). The van der Waals surface area contributed by atoms with E-state index < -0.39 is 11.7 Å². The summed E-state index contributed by atoms with van der Waals surface area (Å²) in [5.41, 5.74) is -0.487. The van der Waals surface area contributed by atoms with Crippen molar-refractivity contribution in [3.8, 4) is 0 Å². The number of hydrogen-bond acceptors (Lipinski definition) is 5. The first-order valence-electron chi connectivity index (χ1n) is 10.5. The van der Waals surface area contributed by atoms with Gasteiger partial charge < -0.3 is 25.4 Å². The smallest absolute Gasteiger partial charge is 0.407 e. The topological polar surface area (TPSA) is 87.2 Å². The molecule has 0 aromatic carbocycles. The van der Waals surface area contributed by atoms with Crippen LogP contribution in [-0.4, -0.2) is 81.1 Å². The molecule has 0 saturated carbocycles. The first-order chi connectivity index (χ1) is 13.2. The molecule has 1 saturated heterocycles. The van der Waals surface area contributed by atoms with Crippen LogP contribution in [0.15, 0.2) is 4.99 Å². The number of nitrogens with zero attached hydrogens (tertiary/aromatic N) is 2. The summed E-state index contributed by atoms with van der Waals surface area (Å²) in [4.78, 5) is 19.0. The summed E-state index contributed by atoms with van der Waals surface area (Å²) in [7, 11) is 0. The van der Waals surface area contributed by atoms with Crippen LogP contribution in [-0.2, 0) is 9.47 Å². The van der Waals surface area contributed by atoms with Gasteiger partial charge in [0, 0.05) is 38.8 Å². The van der Waals surface area contributed by atoms with Gasteiger partial charge >= 0.3 is 6.09 Å². The number of alkyl carbamates (subject to hydrolysis) is 1. The summed E-state index contributed by atoms with van der Waals surface area (Å²) in [6, 6.07) is 0.416. The zero-order valence-electron chi connectivity index (χ0n) is 18.6. The Morgan fingerprint density at radius 1 is 1.14 bits per heavy atom. The number of carbonyl (C=O) groups excluding carboxylic acids is 1. The van der Waals surface area contributed by atoms with Gasteiger partial charge in [-0.05, 0) is 40.0 Å². The molecule has 3 N–H and O–H groups in total. The van der Waals surface area contributed by atoms with Crippen molar-refractivity contribution in [3.63, 3.8) is 0 Å². The summed E-state index contributed by atoms with van der Waals surface area (Å²) in [5.74, 6) is 1.40. The molecule has 8 heteroatoms. The molecule has 1 aliphatic heterocycles. The lowest BCUT2D eigenvalue weighted by atomic mass is 10.0. The van der Waals surface area contributed by atoms with Crippen molar-refractivity contribution >= 4 is 12.1 Å². The van der Waals surface area contributed by atoms with Crippen molar-refractivity contribution in [3.05, 3.63) is 0 Å². The van der Waals surface area contributed by atoms with E-state index in [1.165, 1.54) is 0 Å². The lowest BCUT2D eigenvalue weighted by Gasteiger charge is -2.34. The van der Waals surface area contributed by atoms with Crippen molar-refractivity contribution in [1.82, 2.24) is 20.9 Å². The monoisotopic (exact) mass is 399 g/mol. The molecule has 0 spiro atoms. The molecule has 1 atom stereocenters. The van der Waals surface area contributed by atoms with Gasteiger partial charge in [-0.1, -0.05) is 13.8 Å². The van der Waals surface area contributed by atoms with E-state index >= 15 is 0 Å². The largest absolute Gasteiger partial charge is 0.444 e. The normalized spacial score (nSPS) is 17.3. The molecule has 8 nitrogen and oxygen atoms in total. The number of nitrogens with one attached hydrogen (secondary N) is 3. The van der Waals surface area contributed by atoms with Gasteiger partial charge in [0.25, 0.3) is 0 Å². The minimum absolute atomic E-state index is 0.402. The van der Waals surface area contributed by atoms with E-state index in [0.29, 0.717) is 25.0 Å². The lowest BCUT2D eigenvalue weighted by Crippen LogP contribution is -2.47. The molecule has 0 radical (unpaired) electrons. The third kappa shape index (κ3) is 11.3. The summed E-state index contributed by atoms with van der Waals surface area (Å²) in [5, 5.41) is 9.30. The second kappa shape index (κ2) is 12.8. The van der Waals surface area contributed by atoms with Crippen LogP contribution < -0.4 is 16.0 Å². The first kappa shape index (κ1) is 24.5. The Morgan fingerprint density at radius 2 is 1.79 bits per heavy atom. The van der Waals surface area contributed by atoms with E-state index in [-0.39, 0.29) is 0 Å². The Bertz CT molecular complexity index is 471. The predicted octanol–water partition coefficient (Wildman–Crippen LogP) is 1.81. The molecule has 164 valence electrons. The molecule has 1 amide bonds. The fourth-order valence-electron chi connectivity index (χ4n) is 3.02. The Kier molecular flexibility index (Phi) is 11.2. The van der Waals surface area contributed by atoms with Crippen LogP contribution >= 0.6 is 0 Å². The molecule has 1 fully saturated rings. The molecule has 0 bridgehead atoms. The Morgan fingerprint density at radius 3 is 2.36 bits per heavy atom. The minimum atomic E-state index is -0.487. The summed E-state index contributed by atoms with van der Waals surface area (Å²) < 4.78 is 10.7. The zero-order valence-corrected chi connectivity index (χ0v) is 18.6. The number of rotatable bonds is 9. The number of carbonyl (C=O) groups is 1. The average Bonchev–Trinajstić information content (AvgIpc) is 2.60. The van der Waals surface area contributed by atoms with Gasteiger partial charge in [0.1, 0.15) is 5.60 Å². The van der Waals surface area contributed by atoms with E-state index in [9.17, 15) is 4.79 Å². The third-order valence-corrected chi connectivity index (χ3v) is 4.20. The van der Waals surface area contributed by atoms with Gasteiger partial charge in [0.2, 0.25) is 0 Å². The number of guanidine groups is 1. The zero-order chi connectivity index (χ0) is 21.0. The molecule has 1 unspecified atom stereocenters. The van der Waals surface area contributed by atoms with Crippen molar-refractivity contribution in [1.29, 1.82) is 0 Å². The van der Waals surface area contributed by atoms with Crippen LogP contribution in [0.1, 0.15) is 48.0 Å². The van der Waals surface area contributed by atoms with Crippen molar-refractivity contribution in [2.24, 2.45) is 10.9 Å². The van der Waals surface area contributed by atoms with Crippen molar-refractivity contribution in [2.45, 2.75) is 59.6 Å². The highest BCUT2D eigenvalue weighted by Crippen LogP contribution is 2.14. The third-order valence-electron chi connectivity index (χ3n) is 4.20. The Hall–Kier alpha value is -1.54. The fraction of sp³-hybridized carbons (Fsp3) is 0.900. The molecular weight excluding hydrogens is 358 g/mol. The fourth-order valence-corrected chi connectivity index (χ4v) is 3.02. The van der Waals surface area contributed by atoms with Crippen LogP contribution in [0, 0.1) is 5.92 Å². The predicted molar refractivity (Wildman–Crippen MR) is 114 cm³/mol. The minimum Gasteiger partial charge on any atom is -0.444 e. The molecule has 0 aromatic heterocycles. The van der Waals surface area contributed by atoms with Gasteiger partial charge in [0.15, 0.2) is 5.96 Å². The first-order valence-corrected chi connectivity index (χ1v) is 10.5. The van der Waals surface area contributed by atoms with Crippen LogP contribution in [0.4, 0.5) is 4.79 Å². The highest BCUT2D eigenvalue weighted by Gasteiger charge is 2.22. The van der Waals surface area contributed by atoms with Gasteiger partial charge in [-0.3, -0.25) is 9.89 Å². The summed E-state index contributed by atoms with van der Waals surface area (Å²) in [6.07, 6.45) is 0.712. The Balaban J connectivity index is 2.50. The van der Waals surface area contributed by atoms with E-state index in [1.807, 2.05) is 27.7 Å². The second-order valence-corrected chi connectivity index (χ2v) is 8.51. The molecule has 1 rings (SSSR count). The maximum absolute atomic E-state index is 11.7. The molecule has 0 aliphatic carbocycles. The highest BCUT2D eigenvalue weighted by molar-refractivity contribution is 5.79. The van der Waals surface area contributed by atoms with Crippen molar-refractivity contribution in [2.75, 3.05) is 52.5 Å². The SMILES string of the molecule is CCNC(=NCC(CC(C)C)N1CCOCC1)NCCNC(=O)OC(C)(C)C. The summed E-state index contributed by atoms with van der Waals surface area (Å²) >= 11 is 0. The van der Waals surface area contributed by atoms with Gasteiger partial charge in [-0.2, -0.15) is 0 Å². The molecule has 0 aromatic rings. The Labute approximate surface area is 170 Å². The maximum Gasteiger partial charge on any atom is 0.407 e. The van der Waals surface area contributed by atoms with Crippen molar-refractivity contribution < 1.29 is 14.3 Å². The van der Waals surface area contributed by atoms with Gasteiger partial charge in [-0.25, -0.2) is 4.79 Å². The second-order valence-electron chi connectivity index (χ2n) is 8.51. The van der Waals surface area contributed by atoms with E-state index in [2.05, 4.69) is 34.7 Å². The molecule has 28 heavy (non-hydrogen) atoms. The van der Waals surface area contributed by atoms with Crippen LogP contribution in [0.3, 0.4) is 0 Å². The van der Waals surface area contributed by atoms with Gasteiger partial charge in [0.05, 0.1) is 19.8 Å². The number of aliphatic imine (C=N–C) groups is 1. The maximum atomic E-state index is 11.7. The number of ether oxygens (including phenoxy) is 2. The van der Waals surface area contributed by atoms with E-state index in [0.717, 1.165) is 51.8 Å². The molecular formula is C20H41N5O3. The lowest BCUT2D eigenvalue weighted by molar-refractivity contribution is 0.0143. The number of hydrogen-bond donors (Lipinski definition) is 3. The van der Waals surface area contributed by atoms with Gasteiger partial charge in [-0.15, -0.1) is 0 Å². The molecule has 1 aliphatic rings. The molecule has 1 heterocycles. The van der Waals surface area contributed by atoms with Crippen LogP contribution in [0.2, 0.25) is 0 Å². The van der Waals surface area contributed by atoms with Crippen LogP contribution in [0.25, 0.3) is 0 Å².